The zero-order valence-electron chi connectivity index (χ0n) is 27.7. The Labute approximate surface area is 296 Å². The van der Waals surface area contributed by atoms with Crippen molar-refractivity contribution in [2.75, 3.05) is 0 Å². The van der Waals surface area contributed by atoms with Crippen molar-refractivity contribution in [3.05, 3.63) is 210 Å². The van der Waals surface area contributed by atoms with Gasteiger partial charge < -0.3 is 0 Å². The van der Waals surface area contributed by atoms with Gasteiger partial charge in [0, 0.05) is 16.7 Å². The number of aromatic nitrogens is 3. The molecule has 1 aliphatic carbocycles. The summed E-state index contributed by atoms with van der Waals surface area (Å²) in [4.78, 5) is 15.7. The number of nitrogens with zero attached hydrogens (tertiary/aromatic N) is 3. The van der Waals surface area contributed by atoms with Gasteiger partial charge in [-0.05, 0) is 61.0 Å². The van der Waals surface area contributed by atoms with E-state index in [0.717, 1.165) is 38.2 Å². The second-order valence-corrected chi connectivity index (χ2v) is 13.1. The van der Waals surface area contributed by atoms with Crippen LogP contribution in [0.2, 0.25) is 0 Å². The van der Waals surface area contributed by atoms with Gasteiger partial charge in [-0.3, -0.25) is 0 Å². The van der Waals surface area contributed by atoms with Crippen LogP contribution in [-0.4, -0.2) is 15.0 Å². The van der Waals surface area contributed by atoms with E-state index in [0.29, 0.717) is 17.5 Å². The molecule has 1 heterocycles. The highest BCUT2D eigenvalue weighted by molar-refractivity contribution is 5.98. The van der Waals surface area contributed by atoms with Crippen LogP contribution in [0.5, 0.6) is 0 Å². The molecule has 0 spiro atoms. The van der Waals surface area contributed by atoms with Crippen molar-refractivity contribution < 1.29 is 0 Å². The van der Waals surface area contributed by atoms with Gasteiger partial charge in [0.15, 0.2) is 17.5 Å². The monoisotopic (exact) mass is 649 g/mol. The van der Waals surface area contributed by atoms with E-state index >= 15 is 0 Å². The van der Waals surface area contributed by atoms with Crippen molar-refractivity contribution in [3.8, 4) is 45.3 Å². The van der Waals surface area contributed by atoms with Crippen LogP contribution in [0, 0.1) is 0 Å². The van der Waals surface area contributed by atoms with Gasteiger partial charge in [0.1, 0.15) is 0 Å². The topological polar surface area (TPSA) is 38.7 Å². The van der Waals surface area contributed by atoms with E-state index in [1.807, 2.05) is 0 Å². The van der Waals surface area contributed by atoms with E-state index < -0.39 is 5.41 Å². The molecule has 0 saturated carbocycles. The SMILES string of the molecule is c1ccc(C2(c3ccccc3)c3ccccc3-c3cc(-c4nc(-c5cccc6ccccc56)nc(-c5cccc6ccccc56)n4)ccc32)cc1. The minimum Gasteiger partial charge on any atom is -0.208 e. The molecule has 238 valence electrons. The Morgan fingerprint density at radius 2 is 0.765 bits per heavy atom. The molecule has 9 aromatic rings. The number of hydrogen-bond acceptors (Lipinski definition) is 3. The summed E-state index contributed by atoms with van der Waals surface area (Å²) in [6.07, 6.45) is 0. The fraction of sp³-hybridized carbons (Fsp3) is 0.0208. The second kappa shape index (κ2) is 11.7. The molecule has 0 unspecified atom stereocenters. The molecule has 0 aliphatic heterocycles. The third-order valence-electron chi connectivity index (χ3n) is 10.4. The molecule has 0 bridgehead atoms. The fourth-order valence-electron chi connectivity index (χ4n) is 8.17. The Morgan fingerprint density at radius 3 is 1.37 bits per heavy atom. The molecule has 8 aromatic carbocycles. The highest BCUT2D eigenvalue weighted by Crippen LogP contribution is 2.56. The van der Waals surface area contributed by atoms with Crippen LogP contribution >= 0.6 is 0 Å². The first-order valence-electron chi connectivity index (χ1n) is 17.4. The molecule has 0 atom stereocenters. The fourth-order valence-corrected chi connectivity index (χ4v) is 8.17. The van der Waals surface area contributed by atoms with E-state index in [9.17, 15) is 0 Å². The van der Waals surface area contributed by atoms with Gasteiger partial charge in [0.05, 0.1) is 5.41 Å². The van der Waals surface area contributed by atoms with Crippen LogP contribution in [0.25, 0.3) is 66.8 Å². The smallest absolute Gasteiger partial charge is 0.164 e. The molecule has 3 heteroatoms. The Hall–Kier alpha value is -6.71. The van der Waals surface area contributed by atoms with Crippen LogP contribution in [0.1, 0.15) is 22.3 Å². The molecular weight excluding hydrogens is 619 g/mol. The third kappa shape index (κ3) is 4.56. The van der Waals surface area contributed by atoms with E-state index in [4.69, 9.17) is 15.0 Å². The lowest BCUT2D eigenvalue weighted by Crippen LogP contribution is -2.28. The Bertz CT molecular complexity index is 2600. The minimum absolute atomic E-state index is 0.464. The summed E-state index contributed by atoms with van der Waals surface area (Å²) < 4.78 is 0. The predicted molar refractivity (Wildman–Crippen MR) is 208 cm³/mol. The van der Waals surface area contributed by atoms with Crippen LogP contribution in [-0.2, 0) is 5.41 Å². The maximum atomic E-state index is 5.24. The standard InChI is InChI=1S/C48H31N3/c1-3-19-35(20-4-1)48(36-21-5-2-6-22-36)43-28-12-11-25-39(43)42-31-34(29-30-44(42)48)45-49-46(40-26-13-17-32-15-7-9-23-37(32)40)51-47(50-45)41-27-14-18-33-16-8-10-24-38(33)41/h1-31H. The van der Waals surface area contributed by atoms with Crippen molar-refractivity contribution in [1.82, 2.24) is 15.0 Å². The quantitative estimate of drug-likeness (QED) is 0.186. The average molecular weight is 650 g/mol. The van der Waals surface area contributed by atoms with E-state index in [-0.39, 0.29) is 0 Å². The van der Waals surface area contributed by atoms with Crippen molar-refractivity contribution in [1.29, 1.82) is 0 Å². The normalized spacial score (nSPS) is 12.9. The molecule has 1 aromatic heterocycles. The first kappa shape index (κ1) is 29.2. The van der Waals surface area contributed by atoms with Crippen LogP contribution in [0.4, 0.5) is 0 Å². The van der Waals surface area contributed by atoms with Gasteiger partial charge in [-0.1, -0.05) is 182 Å². The maximum absolute atomic E-state index is 5.24. The van der Waals surface area contributed by atoms with Crippen LogP contribution in [0.15, 0.2) is 188 Å². The molecule has 51 heavy (non-hydrogen) atoms. The third-order valence-corrected chi connectivity index (χ3v) is 10.4. The summed E-state index contributed by atoms with van der Waals surface area (Å²) >= 11 is 0. The zero-order chi connectivity index (χ0) is 33.8. The van der Waals surface area contributed by atoms with Crippen molar-refractivity contribution in [2.45, 2.75) is 5.41 Å². The number of fused-ring (bicyclic) bond motifs is 5. The summed E-state index contributed by atoms with van der Waals surface area (Å²) in [6.45, 7) is 0. The molecular formula is C48H31N3. The molecule has 0 radical (unpaired) electrons. The highest BCUT2D eigenvalue weighted by atomic mass is 15.0. The van der Waals surface area contributed by atoms with E-state index in [1.165, 1.54) is 33.4 Å². The van der Waals surface area contributed by atoms with Gasteiger partial charge in [0.25, 0.3) is 0 Å². The van der Waals surface area contributed by atoms with Crippen LogP contribution in [0.3, 0.4) is 0 Å². The van der Waals surface area contributed by atoms with E-state index in [2.05, 4.69) is 188 Å². The van der Waals surface area contributed by atoms with Crippen molar-refractivity contribution >= 4 is 21.5 Å². The summed E-state index contributed by atoms with van der Waals surface area (Å²) in [6, 6.07) is 66.9. The Morgan fingerprint density at radius 1 is 0.314 bits per heavy atom. The van der Waals surface area contributed by atoms with Gasteiger partial charge in [0.2, 0.25) is 0 Å². The van der Waals surface area contributed by atoms with Gasteiger partial charge in [-0.2, -0.15) is 0 Å². The minimum atomic E-state index is -0.464. The Balaban J connectivity index is 1.24. The average Bonchev–Trinajstić information content (AvgIpc) is 3.51. The van der Waals surface area contributed by atoms with Gasteiger partial charge >= 0.3 is 0 Å². The number of rotatable bonds is 5. The lowest BCUT2D eigenvalue weighted by atomic mass is 9.67. The molecule has 3 nitrogen and oxygen atoms in total. The summed E-state index contributed by atoms with van der Waals surface area (Å²) in [5.74, 6) is 1.96. The molecule has 0 saturated heterocycles. The highest BCUT2D eigenvalue weighted by Gasteiger charge is 2.46. The summed E-state index contributed by atoms with van der Waals surface area (Å²) in [7, 11) is 0. The lowest BCUT2D eigenvalue weighted by Gasteiger charge is -2.33. The zero-order valence-corrected chi connectivity index (χ0v) is 27.7. The molecule has 10 rings (SSSR count). The van der Waals surface area contributed by atoms with Crippen molar-refractivity contribution in [3.63, 3.8) is 0 Å². The van der Waals surface area contributed by atoms with Crippen LogP contribution < -0.4 is 0 Å². The molecule has 0 fully saturated rings. The maximum Gasteiger partial charge on any atom is 0.164 e. The van der Waals surface area contributed by atoms with Gasteiger partial charge in [-0.25, -0.2) is 15.0 Å². The molecule has 0 N–H and O–H groups in total. The predicted octanol–water partition coefficient (Wildman–Crippen LogP) is 11.5. The summed E-state index contributed by atoms with van der Waals surface area (Å²) in [5.41, 5.74) is 9.88. The first-order chi connectivity index (χ1) is 25.3. The number of hydrogen-bond donors (Lipinski definition) is 0. The number of benzene rings is 8. The lowest BCUT2D eigenvalue weighted by molar-refractivity contribution is 0.768. The molecule has 0 amide bonds. The second-order valence-electron chi connectivity index (χ2n) is 13.1. The summed E-state index contributed by atoms with van der Waals surface area (Å²) in [5, 5.41) is 4.52. The van der Waals surface area contributed by atoms with E-state index in [1.54, 1.807) is 0 Å². The Kier molecular flexibility index (Phi) is 6.71. The van der Waals surface area contributed by atoms with Crippen molar-refractivity contribution in [2.24, 2.45) is 0 Å². The largest absolute Gasteiger partial charge is 0.208 e. The van der Waals surface area contributed by atoms with Gasteiger partial charge in [-0.15, -0.1) is 0 Å². The molecule has 1 aliphatic rings. The first-order valence-corrected chi connectivity index (χ1v) is 17.4.